The van der Waals surface area contributed by atoms with Crippen molar-refractivity contribution in [2.24, 2.45) is 0 Å². The molecule has 0 aliphatic heterocycles. The number of fused-ring (bicyclic) bond motifs is 1. The lowest BCUT2D eigenvalue weighted by molar-refractivity contribution is 0.0636. The SMILES string of the molecule is CC(C)(C)OC(=O)Nc1ccc2nc(-c3ccc(CNC(=O)O)nc3)sc2c1. The highest BCUT2D eigenvalue weighted by atomic mass is 32.1. The zero-order valence-corrected chi connectivity index (χ0v) is 16.5. The van der Waals surface area contributed by atoms with E-state index in [0.717, 1.165) is 20.8 Å². The van der Waals surface area contributed by atoms with Gasteiger partial charge >= 0.3 is 12.2 Å². The van der Waals surface area contributed by atoms with Crippen LogP contribution in [-0.4, -0.2) is 32.9 Å². The maximum Gasteiger partial charge on any atom is 0.412 e. The number of benzene rings is 1. The van der Waals surface area contributed by atoms with Crippen molar-refractivity contribution in [1.82, 2.24) is 15.3 Å². The van der Waals surface area contributed by atoms with Crippen LogP contribution < -0.4 is 10.6 Å². The van der Waals surface area contributed by atoms with Crippen LogP contribution >= 0.6 is 11.3 Å². The fourth-order valence-corrected chi connectivity index (χ4v) is 3.36. The van der Waals surface area contributed by atoms with E-state index in [1.54, 1.807) is 18.3 Å². The third kappa shape index (κ3) is 5.17. The van der Waals surface area contributed by atoms with E-state index in [4.69, 9.17) is 9.84 Å². The number of hydrogen-bond donors (Lipinski definition) is 3. The molecule has 9 heteroatoms. The average molecular weight is 400 g/mol. The minimum atomic E-state index is -1.09. The Morgan fingerprint density at radius 1 is 1.21 bits per heavy atom. The summed E-state index contributed by atoms with van der Waals surface area (Å²) < 4.78 is 6.18. The van der Waals surface area contributed by atoms with E-state index in [-0.39, 0.29) is 6.54 Å². The number of rotatable bonds is 4. The van der Waals surface area contributed by atoms with Crippen LogP contribution in [0.2, 0.25) is 0 Å². The predicted molar refractivity (Wildman–Crippen MR) is 108 cm³/mol. The number of aromatic nitrogens is 2. The standard InChI is InChI=1S/C19H20N4O4S/c1-19(2,3)27-18(26)22-12-6-7-14-15(8-12)28-16(23-14)11-4-5-13(20-9-11)10-21-17(24)25/h4-9,21H,10H2,1-3H3,(H,22,26)(H,24,25). The summed E-state index contributed by atoms with van der Waals surface area (Å²) in [6.07, 6.45) is 0.0652. The maximum absolute atomic E-state index is 11.9. The van der Waals surface area contributed by atoms with Gasteiger partial charge in [-0.25, -0.2) is 14.6 Å². The molecule has 0 aliphatic carbocycles. The molecule has 2 amide bonds. The number of pyridine rings is 1. The van der Waals surface area contributed by atoms with Crippen LogP contribution in [0.1, 0.15) is 26.5 Å². The van der Waals surface area contributed by atoms with Crippen molar-refractivity contribution in [2.75, 3.05) is 5.32 Å². The fraction of sp³-hybridized carbons (Fsp3) is 0.263. The first kappa shape index (κ1) is 19.6. The van der Waals surface area contributed by atoms with Crippen LogP contribution in [0, 0.1) is 0 Å². The van der Waals surface area contributed by atoms with Crippen LogP contribution in [0.15, 0.2) is 36.5 Å². The number of ether oxygens (including phenoxy) is 1. The lowest BCUT2D eigenvalue weighted by Crippen LogP contribution is -2.27. The van der Waals surface area contributed by atoms with Gasteiger partial charge in [0.05, 0.1) is 22.5 Å². The van der Waals surface area contributed by atoms with Crippen molar-refractivity contribution >= 4 is 39.4 Å². The molecule has 0 saturated carbocycles. The second-order valence-electron chi connectivity index (χ2n) is 7.03. The molecule has 8 nitrogen and oxygen atoms in total. The van der Waals surface area contributed by atoms with Crippen LogP contribution in [0.25, 0.3) is 20.8 Å². The summed E-state index contributed by atoms with van der Waals surface area (Å²) in [5, 5.41) is 14.4. The molecule has 0 spiro atoms. The van der Waals surface area contributed by atoms with Gasteiger partial charge in [0.2, 0.25) is 0 Å². The number of anilines is 1. The number of nitrogens with one attached hydrogen (secondary N) is 2. The Morgan fingerprint density at radius 2 is 2.00 bits per heavy atom. The summed E-state index contributed by atoms with van der Waals surface area (Å²) in [4.78, 5) is 31.3. The van der Waals surface area contributed by atoms with Gasteiger partial charge in [0.1, 0.15) is 10.6 Å². The molecule has 28 heavy (non-hydrogen) atoms. The van der Waals surface area contributed by atoms with Gasteiger partial charge in [0.25, 0.3) is 0 Å². The Morgan fingerprint density at radius 3 is 2.64 bits per heavy atom. The van der Waals surface area contributed by atoms with Crippen molar-refractivity contribution in [2.45, 2.75) is 32.9 Å². The highest BCUT2D eigenvalue weighted by Gasteiger charge is 2.16. The number of hydrogen-bond acceptors (Lipinski definition) is 6. The van der Waals surface area contributed by atoms with Gasteiger partial charge < -0.3 is 15.2 Å². The van der Waals surface area contributed by atoms with Crippen LogP contribution in [0.5, 0.6) is 0 Å². The molecule has 0 radical (unpaired) electrons. The minimum absolute atomic E-state index is 0.148. The van der Waals surface area contributed by atoms with E-state index in [0.29, 0.717) is 11.4 Å². The first-order chi connectivity index (χ1) is 13.2. The molecular weight excluding hydrogens is 380 g/mol. The second kappa shape index (κ2) is 7.81. The molecule has 146 valence electrons. The normalized spacial score (nSPS) is 11.2. The largest absolute Gasteiger partial charge is 0.465 e. The quantitative estimate of drug-likeness (QED) is 0.595. The molecule has 0 bridgehead atoms. The molecule has 0 aliphatic rings. The molecule has 2 heterocycles. The lowest BCUT2D eigenvalue weighted by atomic mass is 10.2. The van der Waals surface area contributed by atoms with Crippen molar-refractivity contribution in [3.05, 3.63) is 42.2 Å². The number of carbonyl (C=O) groups excluding carboxylic acids is 1. The van der Waals surface area contributed by atoms with Crippen LogP contribution in [0.3, 0.4) is 0 Å². The average Bonchev–Trinajstić information content (AvgIpc) is 3.02. The van der Waals surface area contributed by atoms with Crippen molar-refractivity contribution in [3.8, 4) is 10.6 Å². The first-order valence-electron chi connectivity index (χ1n) is 8.52. The Labute approximate surface area is 165 Å². The van der Waals surface area contributed by atoms with Gasteiger partial charge in [0, 0.05) is 17.4 Å². The number of amides is 2. The summed E-state index contributed by atoms with van der Waals surface area (Å²) in [5.74, 6) is 0. The van der Waals surface area contributed by atoms with Gasteiger partial charge in [0.15, 0.2) is 0 Å². The summed E-state index contributed by atoms with van der Waals surface area (Å²) in [7, 11) is 0. The summed E-state index contributed by atoms with van der Waals surface area (Å²) >= 11 is 1.48. The van der Waals surface area contributed by atoms with E-state index in [2.05, 4.69) is 20.6 Å². The van der Waals surface area contributed by atoms with Gasteiger partial charge in [-0.3, -0.25) is 10.3 Å². The number of nitrogens with zero attached hydrogens (tertiary/aromatic N) is 2. The monoisotopic (exact) mass is 400 g/mol. The third-order valence-electron chi connectivity index (χ3n) is 3.53. The van der Waals surface area contributed by atoms with Crippen molar-refractivity contribution in [3.63, 3.8) is 0 Å². The zero-order valence-electron chi connectivity index (χ0n) is 15.6. The summed E-state index contributed by atoms with van der Waals surface area (Å²) in [6, 6.07) is 9.06. The first-order valence-corrected chi connectivity index (χ1v) is 9.34. The van der Waals surface area contributed by atoms with Crippen LogP contribution in [0.4, 0.5) is 15.3 Å². The lowest BCUT2D eigenvalue weighted by Gasteiger charge is -2.19. The molecule has 0 fully saturated rings. The van der Waals surface area contributed by atoms with E-state index in [1.807, 2.05) is 39.0 Å². The third-order valence-corrected chi connectivity index (χ3v) is 4.59. The molecule has 2 aromatic heterocycles. The Kier molecular flexibility index (Phi) is 5.46. The van der Waals surface area contributed by atoms with E-state index >= 15 is 0 Å². The van der Waals surface area contributed by atoms with Crippen molar-refractivity contribution in [1.29, 1.82) is 0 Å². The number of carboxylic acid groups (broad SMARTS) is 1. The fourth-order valence-electron chi connectivity index (χ4n) is 2.37. The Bertz CT molecular complexity index is 1010. The van der Waals surface area contributed by atoms with Gasteiger partial charge in [-0.2, -0.15) is 0 Å². The zero-order chi connectivity index (χ0) is 20.3. The van der Waals surface area contributed by atoms with Crippen LogP contribution in [-0.2, 0) is 11.3 Å². The van der Waals surface area contributed by atoms with Crippen molar-refractivity contribution < 1.29 is 19.4 Å². The van der Waals surface area contributed by atoms with Gasteiger partial charge in [-0.05, 0) is 51.1 Å². The number of carbonyl (C=O) groups is 2. The predicted octanol–water partition coefficient (Wildman–Crippen LogP) is 4.47. The second-order valence-corrected chi connectivity index (χ2v) is 8.06. The molecule has 3 aromatic rings. The molecule has 3 N–H and O–H groups in total. The highest BCUT2D eigenvalue weighted by Crippen LogP contribution is 2.31. The summed E-state index contributed by atoms with van der Waals surface area (Å²) in [5.41, 5.74) is 2.33. The summed E-state index contributed by atoms with van der Waals surface area (Å²) in [6.45, 7) is 5.57. The molecule has 0 atom stereocenters. The highest BCUT2D eigenvalue weighted by molar-refractivity contribution is 7.21. The Hall–Kier alpha value is -3.20. The van der Waals surface area contributed by atoms with Gasteiger partial charge in [-0.15, -0.1) is 11.3 Å². The molecule has 1 aromatic carbocycles. The topological polar surface area (TPSA) is 113 Å². The molecule has 3 rings (SSSR count). The minimum Gasteiger partial charge on any atom is -0.465 e. The number of thiazole rings is 1. The smallest absolute Gasteiger partial charge is 0.412 e. The molecule has 0 unspecified atom stereocenters. The van der Waals surface area contributed by atoms with Gasteiger partial charge in [-0.1, -0.05) is 0 Å². The Balaban J connectivity index is 1.75. The molecule has 0 saturated heterocycles. The molecular formula is C19H20N4O4S. The maximum atomic E-state index is 11.9. The van der Waals surface area contributed by atoms with E-state index in [1.165, 1.54) is 11.3 Å². The van der Waals surface area contributed by atoms with E-state index in [9.17, 15) is 9.59 Å². The van der Waals surface area contributed by atoms with E-state index < -0.39 is 17.8 Å².